The number of nitrogens with one attached hydrogen (secondary N) is 1. The molecule has 26 heavy (non-hydrogen) atoms. The summed E-state index contributed by atoms with van der Waals surface area (Å²) in [5, 5.41) is 2.67. The lowest BCUT2D eigenvalue weighted by molar-refractivity contribution is -0.111. The zero-order valence-electron chi connectivity index (χ0n) is 15.2. The van der Waals surface area contributed by atoms with Crippen LogP contribution in [0, 0.1) is 6.92 Å². The van der Waals surface area contributed by atoms with E-state index in [0.717, 1.165) is 15.4 Å². The Morgan fingerprint density at radius 1 is 1.15 bits per heavy atom. The van der Waals surface area contributed by atoms with E-state index < -0.39 is 10.0 Å². The Kier molecular flexibility index (Phi) is 6.18. The van der Waals surface area contributed by atoms with Crippen LogP contribution in [0.3, 0.4) is 0 Å². The molecule has 0 aromatic heterocycles. The van der Waals surface area contributed by atoms with E-state index in [2.05, 4.69) is 5.32 Å². The van der Waals surface area contributed by atoms with Crippen LogP contribution in [0.25, 0.3) is 6.08 Å². The first-order valence-corrected chi connectivity index (χ1v) is 9.34. The number of hydrogen-bond donors (Lipinski definition) is 1. The summed E-state index contributed by atoms with van der Waals surface area (Å²) in [6.45, 7) is 1.95. The van der Waals surface area contributed by atoms with Gasteiger partial charge in [-0.25, -0.2) is 12.7 Å². The number of methoxy groups -OCH3 is 1. The zero-order chi connectivity index (χ0) is 19.3. The Balaban J connectivity index is 2.17. The normalized spacial score (nSPS) is 11.7. The highest BCUT2D eigenvalue weighted by molar-refractivity contribution is 7.89. The molecule has 0 aliphatic carbocycles. The number of nitrogens with zero attached hydrogens (tertiary/aromatic N) is 1. The first kappa shape index (κ1) is 19.7. The lowest BCUT2D eigenvalue weighted by atomic mass is 10.1. The highest BCUT2D eigenvalue weighted by Gasteiger charge is 2.17. The van der Waals surface area contributed by atoms with Crippen molar-refractivity contribution in [2.24, 2.45) is 0 Å². The molecule has 0 bridgehead atoms. The van der Waals surface area contributed by atoms with Crippen molar-refractivity contribution in [3.8, 4) is 5.75 Å². The van der Waals surface area contributed by atoms with Gasteiger partial charge in [0, 0.05) is 31.4 Å². The minimum atomic E-state index is -3.56. The minimum Gasteiger partial charge on any atom is -0.496 e. The first-order chi connectivity index (χ1) is 12.2. The summed E-state index contributed by atoms with van der Waals surface area (Å²) < 4.78 is 30.7. The number of carbonyl (C=O) groups excluding carboxylic acids is 1. The Hall–Kier alpha value is -2.64. The molecule has 0 saturated carbocycles. The van der Waals surface area contributed by atoms with E-state index in [0.29, 0.717) is 11.4 Å². The fourth-order valence-electron chi connectivity index (χ4n) is 2.28. The third-order valence-electron chi connectivity index (χ3n) is 3.68. The van der Waals surface area contributed by atoms with E-state index in [9.17, 15) is 13.2 Å². The second-order valence-electron chi connectivity index (χ2n) is 5.88. The highest BCUT2D eigenvalue weighted by Crippen LogP contribution is 2.21. The Morgan fingerprint density at radius 2 is 1.88 bits per heavy atom. The summed E-state index contributed by atoms with van der Waals surface area (Å²) in [5.41, 5.74) is 2.23. The second-order valence-corrected chi connectivity index (χ2v) is 8.04. The van der Waals surface area contributed by atoms with E-state index in [1.165, 1.54) is 32.3 Å². The number of ether oxygens (including phenoxy) is 1. The fourth-order valence-corrected chi connectivity index (χ4v) is 3.23. The molecule has 2 aromatic carbocycles. The molecule has 7 heteroatoms. The van der Waals surface area contributed by atoms with Crippen LogP contribution < -0.4 is 10.1 Å². The van der Waals surface area contributed by atoms with E-state index in [-0.39, 0.29) is 10.8 Å². The second kappa shape index (κ2) is 8.16. The first-order valence-electron chi connectivity index (χ1n) is 7.90. The maximum atomic E-state index is 12.2. The number of amides is 1. The van der Waals surface area contributed by atoms with Gasteiger partial charge < -0.3 is 10.1 Å². The van der Waals surface area contributed by atoms with Gasteiger partial charge in [0.2, 0.25) is 15.9 Å². The SMILES string of the molecule is COc1ccc(C)cc1C=CC(=O)Nc1cccc(S(=O)(=O)N(C)C)c1. The third-order valence-corrected chi connectivity index (χ3v) is 5.49. The number of sulfonamides is 1. The van der Waals surface area contributed by atoms with Gasteiger partial charge in [-0.05, 0) is 43.3 Å². The lowest BCUT2D eigenvalue weighted by Gasteiger charge is -2.12. The van der Waals surface area contributed by atoms with Gasteiger partial charge in [0.15, 0.2) is 0 Å². The van der Waals surface area contributed by atoms with E-state index in [4.69, 9.17) is 4.74 Å². The molecular formula is C19H22N2O4S. The van der Waals surface area contributed by atoms with E-state index in [1.54, 1.807) is 25.3 Å². The van der Waals surface area contributed by atoms with Gasteiger partial charge in [-0.1, -0.05) is 17.7 Å². The predicted molar refractivity (Wildman–Crippen MR) is 103 cm³/mol. The molecule has 0 radical (unpaired) electrons. The molecule has 1 amide bonds. The largest absolute Gasteiger partial charge is 0.496 e. The van der Waals surface area contributed by atoms with Crippen molar-refractivity contribution in [3.63, 3.8) is 0 Å². The molecule has 0 atom stereocenters. The number of aryl methyl sites for hydroxylation is 1. The molecule has 0 fully saturated rings. The van der Waals surface area contributed by atoms with Crippen LogP contribution in [0.15, 0.2) is 53.4 Å². The summed E-state index contributed by atoms with van der Waals surface area (Å²) >= 11 is 0. The molecule has 0 unspecified atom stereocenters. The summed E-state index contributed by atoms with van der Waals surface area (Å²) in [4.78, 5) is 12.3. The lowest BCUT2D eigenvalue weighted by Crippen LogP contribution is -2.22. The molecule has 2 aromatic rings. The average molecular weight is 374 g/mol. The molecule has 0 heterocycles. The highest BCUT2D eigenvalue weighted by atomic mass is 32.2. The van der Waals surface area contributed by atoms with Gasteiger partial charge in [0.05, 0.1) is 12.0 Å². The van der Waals surface area contributed by atoms with Crippen molar-refractivity contribution in [2.75, 3.05) is 26.5 Å². The van der Waals surface area contributed by atoms with Gasteiger partial charge in [-0.3, -0.25) is 4.79 Å². The number of rotatable bonds is 6. The van der Waals surface area contributed by atoms with Crippen LogP contribution in [0.4, 0.5) is 5.69 Å². The number of anilines is 1. The standard InChI is InChI=1S/C19H22N2O4S/c1-14-8-10-18(25-4)15(12-14)9-11-19(22)20-16-6-5-7-17(13-16)26(23,24)21(2)3/h5-13H,1-4H3,(H,20,22). The van der Waals surface area contributed by atoms with Crippen molar-refractivity contribution in [1.29, 1.82) is 0 Å². The van der Waals surface area contributed by atoms with Crippen LogP contribution in [0.2, 0.25) is 0 Å². The smallest absolute Gasteiger partial charge is 0.248 e. The predicted octanol–water partition coefficient (Wildman–Crippen LogP) is 2.91. The number of carbonyl (C=O) groups is 1. The van der Waals surface area contributed by atoms with Crippen LogP contribution >= 0.6 is 0 Å². The van der Waals surface area contributed by atoms with Crippen molar-refractivity contribution >= 4 is 27.7 Å². The quantitative estimate of drug-likeness (QED) is 0.789. The van der Waals surface area contributed by atoms with E-state index in [1.807, 2.05) is 25.1 Å². The van der Waals surface area contributed by atoms with Crippen molar-refractivity contribution < 1.29 is 17.9 Å². The molecule has 0 aliphatic rings. The number of benzene rings is 2. The Labute approximate surface area is 154 Å². The molecule has 1 N–H and O–H groups in total. The van der Waals surface area contributed by atoms with Crippen LogP contribution in [0.1, 0.15) is 11.1 Å². The van der Waals surface area contributed by atoms with Crippen molar-refractivity contribution in [1.82, 2.24) is 4.31 Å². The molecule has 138 valence electrons. The van der Waals surface area contributed by atoms with Crippen LogP contribution in [-0.4, -0.2) is 39.8 Å². The number of hydrogen-bond acceptors (Lipinski definition) is 4. The molecule has 6 nitrogen and oxygen atoms in total. The summed E-state index contributed by atoms with van der Waals surface area (Å²) in [5.74, 6) is 0.298. The van der Waals surface area contributed by atoms with E-state index >= 15 is 0 Å². The minimum absolute atomic E-state index is 0.115. The fraction of sp³-hybridized carbons (Fsp3) is 0.211. The van der Waals surface area contributed by atoms with Gasteiger partial charge in [0.25, 0.3) is 0 Å². The monoisotopic (exact) mass is 374 g/mol. The zero-order valence-corrected chi connectivity index (χ0v) is 16.0. The topological polar surface area (TPSA) is 75.7 Å². The molecule has 0 saturated heterocycles. The molecule has 0 spiro atoms. The van der Waals surface area contributed by atoms with Crippen LogP contribution in [-0.2, 0) is 14.8 Å². The van der Waals surface area contributed by atoms with Gasteiger partial charge >= 0.3 is 0 Å². The summed E-state index contributed by atoms with van der Waals surface area (Å²) in [6, 6.07) is 11.8. The maximum Gasteiger partial charge on any atom is 0.248 e. The maximum absolute atomic E-state index is 12.2. The molecule has 2 rings (SSSR count). The Bertz CT molecular complexity index is 934. The Morgan fingerprint density at radius 3 is 2.54 bits per heavy atom. The van der Waals surface area contributed by atoms with Gasteiger partial charge in [-0.15, -0.1) is 0 Å². The van der Waals surface area contributed by atoms with Gasteiger partial charge in [0.1, 0.15) is 5.75 Å². The summed E-state index contributed by atoms with van der Waals surface area (Å²) in [6.07, 6.45) is 3.03. The third kappa shape index (κ3) is 4.71. The van der Waals surface area contributed by atoms with Crippen LogP contribution in [0.5, 0.6) is 5.75 Å². The molecular weight excluding hydrogens is 352 g/mol. The van der Waals surface area contributed by atoms with Crippen molar-refractivity contribution in [2.45, 2.75) is 11.8 Å². The summed E-state index contributed by atoms with van der Waals surface area (Å²) in [7, 11) is 0.925. The van der Waals surface area contributed by atoms with Gasteiger partial charge in [-0.2, -0.15) is 0 Å². The average Bonchev–Trinajstić information content (AvgIpc) is 2.60. The van der Waals surface area contributed by atoms with Crippen molar-refractivity contribution in [3.05, 3.63) is 59.7 Å². The molecule has 0 aliphatic heterocycles.